The fraction of sp³-hybridized carbons (Fsp3) is 0.611. The highest BCUT2D eigenvalue weighted by atomic mass is 79.9. The molecule has 2 atom stereocenters. The Balaban J connectivity index is 2.56. The van der Waals surface area contributed by atoms with Crippen molar-refractivity contribution in [1.29, 1.82) is 0 Å². The molecule has 0 bridgehead atoms. The normalized spacial score (nSPS) is 14.2. The Hall–Kier alpha value is -1.07. The molecule has 23 heavy (non-hydrogen) atoms. The number of alkyl carbamates (subject to hydrolysis) is 1. The van der Waals surface area contributed by atoms with Crippen LogP contribution < -0.4 is 10.6 Å². The smallest absolute Gasteiger partial charge is 0.407 e. The maximum atomic E-state index is 11.8. The lowest BCUT2D eigenvalue weighted by Gasteiger charge is -2.26. The first kappa shape index (κ1) is 20.0. The summed E-state index contributed by atoms with van der Waals surface area (Å²) in [5.74, 6) is 0. The van der Waals surface area contributed by atoms with Gasteiger partial charge in [0, 0.05) is 23.1 Å². The van der Waals surface area contributed by atoms with Gasteiger partial charge in [0.1, 0.15) is 5.60 Å². The number of nitrogens with one attached hydrogen (secondary N) is 2. The number of carbonyl (C=O) groups excluding carboxylic acids is 1. The highest BCUT2D eigenvalue weighted by Crippen LogP contribution is 2.20. The van der Waals surface area contributed by atoms with Crippen LogP contribution in [0.25, 0.3) is 0 Å². The van der Waals surface area contributed by atoms with Crippen molar-refractivity contribution in [3.63, 3.8) is 0 Å². The molecule has 1 amide bonds. The second-order valence-corrected chi connectivity index (χ2v) is 7.58. The average Bonchev–Trinajstić information content (AvgIpc) is 2.47. The molecule has 0 saturated carbocycles. The summed E-state index contributed by atoms with van der Waals surface area (Å²) >= 11 is 3.46. The minimum atomic E-state index is -0.470. The van der Waals surface area contributed by atoms with Crippen LogP contribution in [0.5, 0.6) is 0 Å². The number of ether oxygens (including phenoxy) is 1. The van der Waals surface area contributed by atoms with Gasteiger partial charge in [-0.3, -0.25) is 0 Å². The molecule has 0 aliphatic rings. The van der Waals surface area contributed by atoms with Crippen LogP contribution in [-0.4, -0.2) is 24.3 Å². The van der Waals surface area contributed by atoms with Gasteiger partial charge < -0.3 is 15.4 Å². The third kappa shape index (κ3) is 7.84. The van der Waals surface area contributed by atoms with Crippen LogP contribution >= 0.6 is 15.9 Å². The van der Waals surface area contributed by atoms with Crippen molar-refractivity contribution in [3.8, 4) is 0 Å². The van der Waals surface area contributed by atoms with Crippen molar-refractivity contribution < 1.29 is 9.53 Å². The van der Waals surface area contributed by atoms with Gasteiger partial charge >= 0.3 is 6.09 Å². The van der Waals surface area contributed by atoms with E-state index in [1.165, 1.54) is 5.56 Å². The van der Waals surface area contributed by atoms with Gasteiger partial charge in [-0.25, -0.2) is 4.79 Å². The maximum Gasteiger partial charge on any atom is 0.407 e. The molecular formula is C18H29BrN2O2. The second kappa shape index (κ2) is 9.28. The number of hydrogen-bond acceptors (Lipinski definition) is 3. The summed E-state index contributed by atoms with van der Waals surface area (Å²) in [5.41, 5.74) is 0.786. The Morgan fingerprint density at radius 3 is 2.26 bits per heavy atom. The minimum absolute atomic E-state index is 0.205. The Kier molecular flexibility index (Phi) is 8.06. The topological polar surface area (TPSA) is 50.4 Å². The number of rotatable bonds is 7. The summed E-state index contributed by atoms with van der Waals surface area (Å²) in [6.07, 6.45) is 1.56. The molecular weight excluding hydrogens is 356 g/mol. The van der Waals surface area contributed by atoms with Crippen molar-refractivity contribution in [1.82, 2.24) is 10.6 Å². The summed E-state index contributed by atoms with van der Waals surface area (Å²) < 4.78 is 6.36. The number of amides is 1. The largest absolute Gasteiger partial charge is 0.444 e. The second-order valence-electron chi connectivity index (χ2n) is 6.67. The fourth-order valence-electron chi connectivity index (χ4n) is 2.27. The Labute approximate surface area is 148 Å². The van der Waals surface area contributed by atoms with Crippen molar-refractivity contribution >= 4 is 22.0 Å². The number of halogens is 1. The summed E-state index contributed by atoms with van der Waals surface area (Å²) in [4.78, 5) is 11.8. The lowest BCUT2D eigenvalue weighted by atomic mass is 10.0. The van der Waals surface area contributed by atoms with Crippen LogP contribution in [0.15, 0.2) is 28.7 Å². The zero-order chi connectivity index (χ0) is 17.5. The molecule has 0 aromatic heterocycles. The number of hydrogen-bond donors (Lipinski definition) is 2. The highest BCUT2D eigenvalue weighted by Gasteiger charge is 2.18. The van der Waals surface area contributed by atoms with Gasteiger partial charge in [0.05, 0.1) is 0 Å². The number of benzene rings is 1. The van der Waals surface area contributed by atoms with E-state index < -0.39 is 5.60 Å². The van der Waals surface area contributed by atoms with Crippen LogP contribution in [0.3, 0.4) is 0 Å². The molecule has 0 saturated heterocycles. The molecule has 0 fully saturated rings. The molecule has 0 spiro atoms. The Morgan fingerprint density at radius 2 is 1.78 bits per heavy atom. The third-order valence-corrected chi connectivity index (χ3v) is 4.03. The number of carbonyl (C=O) groups is 1. The molecule has 2 unspecified atom stereocenters. The van der Waals surface area contributed by atoms with Crippen LogP contribution in [-0.2, 0) is 4.74 Å². The van der Waals surface area contributed by atoms with E-state index in [-0.39, 0.29) is 18.2 Å². The van der Waals surface area contributed by atoms with Gasteiger partial charge in [-0.15, -0.1) is 0 Å². The molecule has 0 aliphatic carbocycles. The molecule has 130 valence electrons. The molecule has 5 heteroatoms. The first-order valence-corrected chi connectivity index (χ1v) is 9.02. The molecule has 1 rings (SSSR count). The van der Waals surface area contributed by atoms with E-state index in [0.29, 0.717) is 6.54 Å². The summed E-state index contributed by atoms with van der Waals surface area (Å²) in [6, 6.07) is 8.84. The van der Waals surface area contributed by atoms with Crippen LogP contribution in [0.2, 0.25) is 0 Å². The quantitative estimate of drug-likeness (QED) is 0.709. The fourth-order valence-corrected chi connectivity index (χ4v) is 2.54. The molecule has 1 aromatic rings. The van der Waals surface area contributed by atoms with Gasteiger partial charge in [-0.2, -0.15) is 0 Å². The first-order chi connectivity index (χ1) is 10.7. The minimum Gasteiger partial charge on any atom is -0.444 e. The third-order valence-electron chi connectivity index (χ3n) is 3.50. The van der Waals surface area contributed by atoms with E-state index in [9.17, 15) is 4.79 Å². The lowest BCUT2D eigenvalue weighted by molar-refractivity contribution is 0.0521. The summed E-state index contributed by atoms with van der Waals surface area (Å²) in [7, 11) is 0. The summed E-state index contributed by atoms with van der Waals surface area (Å²) in [6.45, 7) is 10.4. The van der Waals surface area contributed by atoms with E-state index >= 15 is 0 Å². The molecule has 0 radical (unpaired) electrons. The maximum absolute atomic E-state index is 11.8. The lowest BCUT2D eigenvalue weighted by Crippen LogP contribution is -2.43. The van der Waals surface area contributed by atoms with E-state index in [1.54, 1.807) is 0 Å². The SMILES string of the molecule is CCC(CNC(=O)OC(C)(C)C)NC(CC)c1ccc(Br)cc1. The zero-order valence-electron chi connectivity index (χ0n) is 14.8. The predicted molar refractivity (Wildman–Crippen MR) is 98.6 cm³/mol. The van der Waals surface area contributed by atoms with Crippen LogP contribution in [0.1, 0.15) is 59.1 Å². The van der Waals surface area contributed by atoms with Gasteiger partial charge in [0.15, 0.2) is 0 Å². The van der Waals surface area contributed by atoms with Gasteiger partial charge in [-0.1, -0.05) is 41.9 Å². The molecule has 4 nitrogen and oxygen atoms in total. The van der Waals surface area contributed by atoms with Gasteiger partial charge in [0.2, 0.25) is 0 Å². The monoisotopic (exact) mass is 384 g/mol. The molecule has 0 heterocycles. The van der Waals surface area contributed by atoms with E-state index in [1.807, 2.05) is 20.8 Å². The molecule has 0 aliphatic heterocycles. The zero-order valence-corrected chi connectivity index (χ0v) is 16.4. The van der Waals surface area contributed by atoms with Crippen molar-refractivity contribution in [2.75, 3.05) is 6.54 Å². The average molecular weight is 385 g/mol. The van der Waals surface area contributed by atoms with Crippen molar-refractivity contribution in [2.24, 2.45) is 0 Å². The first-order valence-electron chi connectivity index (χ1n) is 8.23. The Bertz CT molecular complexity index is 483. The molecule has 1 aromatic carbocycles. The summed E-state index contributed by atoms with van der Waals surface area (Å²) in [5, 5.41) is 6.47. The van der Waals surface area contributed by atoms with Gasteiger partial charge in [0.25, 0.3) is 0 Å². The standard InChI is InChI=1S/C18H29BrN2O2/c1-6-15(12-20-17(22)23-18(3,4)5)21-16(7-2)13-8-10-14(19)11-9-13/h8-11,15-16,21H,6-7,12H2,1-5H3,(H,20,22). The predicted octanol–water partition coefficient (Wildman–Crippen LogP) is 4.79. The van der Waals surface area contributed by atoms with E-state index in [4.69, 9.17) is 4.74 Å². The van der Waals surface area contributed by atoms with Crippen molar-refractivity contribution in [2.45, 2.75) is 65.1 Å². The highest BCUT2D eigenvalue weighted by molar-refractivity contribution is 9.10. The Morgan fingerprint density at radius 1 is 1.17 bits per heavy atom. The van der Waals surface area contributed by atoms with Crippen molar-refractivity contribution in [3.05, 3.63) is 34.3 Å². The van der Waals surface area contributed by atoms with E-state index in [0.717, 1.165) is 17.3 Å². The molecule has 2 N–H and O–H groups in total. The van der Waals surface area contributed by atoms with E-state index in [2.05, 4.69) is 64.7 Å². The van der Waals surface area contributed by atoms with Gasteiger partial charge in [-0.05, 0) is 51.3 Å². The van der Waals surface area contributed by atoms with Crippen LogP contribution in [0, 0.1) is 0 Å². The van der Waals surface area contributed by atoms with Crippen LogP contribution in [0.4, 0.5) is 4.79 Å².